The van der Waals surface area contributed by atoms with Gasteiger partial charge in [0.2, 0.25) is 0 Å². The van der Waals surface area contributed by atoms with Gasteiger partial charge in [0, 0.05) is 6.54 Å². The molecule has 0 heterocycles. The van der Waals surface area contributed by atoms with Crippen molar-refractivity contribution in [2.24, 2.45) is 0 Å². The van der Waals surface area contributed by atoms with E-state index in [1.54, 1.807) is 6.92 Å². The van der Waals surface area contributed by atoms with Gasteiger partial charge < -0.3 is 19.7 Å². The summed E-state index contributed by atoms with van der Waals surface area (Å²) < 4.78 is 9.88. The first-order valence-corrected chi connectivity index (χ1v) is 6.25. The van der Waals surface area contributed by atoms with E-state index in [0.29, 0.717) is 13.2 Å². The average Bonchev–Trinajstić information content (AvgIpc) is 2.27. The van der Waals surface area contributed by atoms with Gasteiger partial charge in [0.05, 0.1) is 13.2 Å². The number of nitrogens with zero attached hydrogens (tertiary/aromatic N) is 1. The fourth-order valence-corrected chi connectivity index (χ4v) is 1.31. The maximum atomic E-state index is 10.9. The predicted octanol–water partition coefficient (Wildman–Crippen LogP) is 0.498. The third-order valence-corrected chi connectivity index (χ3v) is 2.16. The maximum Gasteiger partial charge on any atom is 0.332 e. The molecule has 0 spiro atoms. The molecule has 0 aliphatic rings. The zero-order valence-corrected chi connectivity index (χ0v) is 11.3. The van der Waals surface area contributed by atoms with Crippen LogP contribution in [0.5, 0.6) is 0 Å². The molecule has 5 nitrogen and oxygen atoms in total. The number of rotatable bonds is 11. The zero-order valence-electron chi connectivity index (χ0n) is 11.3. The summed E-state index contributed by atoms with van der Waals surface area (Å²) in [6, 6.07) is 0. The zero-order chi connectivity index (χ0) is 12.9. The molecule has 17 heavy (non-hydrogen) atoms. The van der Waals surface area contributed by atoms with Crippen LogP contribution >= 0.6 is 0 Å². The molecule has 5 heteroatoms. The number of esters is 1. The molecule has 0 aromatic rings. The van der Waals surface area contributed by atoms with E-state index in [1.807, 2.05) is 0 Å². The predicted molar refractivity (Wildman–Crippen MR) is 68.1 cm³/mol. The molecule has 0 unspecified atom stereocenters. The Balaban J connectivity index is 3.06. The van der Waals surface area contributed by atoms with Crippen LogP contribution < -0.4 is 5.32 Å². The van der Waals surface area contributed by atoms with E-state index in [0.717, 1.165) is 26.1 Å². The van der Waals surface area contributed by atoms with E-state index in [9.17, 15) is 4.79 Å². The van der Waals surface area contributed by atoms with Gasteiger partial charge in [-0.15, -0.1) is 0 Å². The highest BCUT2D eigenvalue weighted by Crippen LogP contribution is 1.88. The molecule has 0 atom stereocenters. The minimum Gasteiger partial charge on any atom is -0.464 e. The topological polar surface area (TPSA) is 50.8 Å². The van der Waals surface area contributed by atoms with Crippen molar-refractivity contribution in [3.05, 3.63) is 0 Å². The first kappa shape index (κ1) is 16.4. The summed E-state index contributed by atoms with van der Waals surface area (Å²) in [6.45, 7) is 5.70. The molecule has 102 valence electrons. The lowest BCUT2D eigenvalue weighted by Crippen LogP contribution is -2.23. The van der Waals surface area contributed by atoms with Crippen molar-refractivity contribution in [3.8, 4) is 0 Å². The molecule has 0 aliphatic carbocycles. The third-order valence-electron chi connectivity index (χ3n) is 2.16. The highest BCUT2D eigenvalue weighted by molar-refractivity contribution is 5.70. The second kappa shape index (κ2) is 11.8. The molecular weight excluding hydrogens is 220 g/mol. The lowest BCUT2D eigenvalue weighted by molar-refractivity contribution is -0.148. The molecule has 0 bridgehead atoms. The number of nitrogens with one attached hydrogen (secondary N) is 1. The summed E-state index contributed by atoms with van der Waals surface area (Å²) in [5.74, 6) is -0.293. The van der Waals surface area contributed by atoms with Crippen molar-refractivity contribution < 1.29 is 14.3 Å². The Morgan fingerprint density at radius 3 is 2.65 bits per heavy atom. The van der Waals surface area contributed by atoms with Crippen LogP contribution in [0.2, 0.25) is 0 Å². The van der Waals surface area contributed by atoms with Crippen LogP contribution in [0.1, 0.15) is 19.8 Å². The van der Waals surface area contributed by atoms with Crippen LogP contribution in [0.25, 0.3) is 0 Å². The quantitative estimate of drug-likeness (QED) is 0.425. The summed E-state index contributed by atoms with van der Waals surface area (Å²) >= 11 is 0. The molecule has 0 saturated carbocycles. The molecule has 1 N–H and O–H groups in total. The number of unbranched alkanes of at least 4 members (excludes halogenated alkanes) is 1. The molecule has 0 saturated heterocycles. The fourth-order valence-electron chi connectivity index (χ4n) is 1.31. The van der Waals surface area contributed by atoms with Crippen LogP contribution in [0.15, 0.2) is 0 Å². The van der Waals surface area contributed by atoms with E-state index in [1.165, 1.54) is 6.42 Å². The largest absolute Gasteiger partial charge is 0.464 e. The molecule has 0 aromatic carbocycles. The first-order valence-electron chi connectivity index (χ1n) is 6.25. The minimum absolute atomic E-state index is 0.0517. The Labute approximate surface area is 104 Å². The number of hydrogen-bond donors (Lipinski definition) is 1. The van der Waals surface area contributed by atoms with Crippen LogP contribution in [0.4, 0.5) is 0 Å². The van der Waals surface area contributed by atoms with Gasteiger partial charge in [-0.1, -0.05) is 0 Å². The minimum atomic E-state index is -0.293. The Morgan fingerprint density at radius 2 is 2.00 bits per heavy atom. The monoisotopic (exact) mass is 246 g/mol. The summed E-state index contributed by atoms with van der Waals surface area (Å²) in [7, 11) is 4.16. The van der Waals surface area contributed by atoms with Crippen LogP contribution in [0.3, 0.4) is 0 Å². The number of carbonyl (C=O) groups is 1. The molecule has 0 radical (unpaired) electrons. The van der Waals surface area contributed by atoms with E-state index < -0.39 is 0 Å². The average molecular weight is 246 g/mol. The van der Waals surface area contributed by atoms with Gasteiger partial charge in [-0.3, -0.25) is 0 Å². The molecule has 0 aromatic heterocycles. The second-order valence-electron chi connectivity index (χ2n) is 4.12. The van der Waals surface area contributed by atoms with Gasteiger partial charge in [0.15, 0.2) is 0 Å². The highest BCUT2D eigenvalue weighted by atomic mass is 16.6. The first-order chi connectivity index (χ1) is 8.16. The Bertz CT molecular complexity index is 187. The van der Waals surface area contributed by atoms with Crippen LogP contribution in [-0.4, -0.2) is 64.4 Å². The van der Waals surface area contributed by atoms with Crippen molar-refractivity contribution in [1.29, 1.82) is 0 Å². The summed E-state index contributed by atoms with van der Waals surface area (Å²) in [5.41, 5.74) is 0. The Kier molecular flexibility index (Phi) is 11.4. The highest BCUT2D eigenvalue weighted by Gasteiger charge is 2.00. The van der Waals surface area contributed by atoms with Gasteiger partial charge in [0.1, 0.15) is 6.61 Å². The van der Waals surface area contributed by atoms with E-state index in [2.05, 4.69) is 24.3 Å². The van der Waals surface area contributed by atoms with E-state index >= 15 is 0 Å². The van der Waals surface area contributed by atoms with Gasteiger partial charge in [-0.25, -0.2) is 4.79 Å². The lowest BCUT2D eigenvalue weighted by Gasteiger charge is -2.09. The smallest absolute Gasteiger partial charge is 0.332 e. The maximum absolute atomic E-state index is 10.9. The van der Waals surface area contributed by atoms with Gasteiger partial charge in [-0.2, -0.15) is 0 Å². The Hall–Kier alpha value is -0.650. The van der Waals surface area contributed by atoms with Crippen molar-refractivity contribution in [2.45, 2.75) is 19.8 Å². The summed E-state index contributed by atoms with van der Waals surface area (Å²) in [4.78, 5) is 13.1. The van der Waals surface area contributed by atoms with E-state index in [4.69, 9.17) is 9.47 Å². The van der Waals surface area contributed by atoms with Gasteiger partial charge in [0.25, 0.3) is 0 Å². The molecule has 0 amide bonds. The number of carbonyl (C=O) groups excluding carboxylic acids is 1. The van der Waals surface area contributed by atoms with Crippen molar-refractivity contribution in [1.82, 2.24) is 10.2 Å². The summed E-state index contributed by atoms with van der Waals surface area (Å²) in [6.07, 6.45) is 2.36. The number of hydrogen-bond acceptors (Lipinski definition) is 5. The third kappa shape index (κ3) is 13.3. The fraction of sp³-hybridized carbons (Fsp3) is 0.917. The SMILES string of the molecule is CCOC(=O)COCCNCCCCN(C)C. The normalized spacial score (nSPS) is 10.8. The standard InChI is InChI=1S/C12H26N2O3/c1-4-17-12(15)11-16-10-8-13-7-5-6-9-14(2)3/h13H,4-11H2,1-3H3. The Morgan fingerprint density at radius 1 is 1.24 bits per heavy atom. The summed E-state index contributed by atoms with van der Waals surface area (Å²) in [5, 5.41) is 3.27. The molecule has 0 aliphatic heterocycles. The van der Waals surface area contributed by atoms with Crippen molar-refractivity contribution in [2.75, 3.05) is 53.6 Å². The van der Waals surface area contributed by atoms with Crippen LogP contribution in [-0.2, 0) is 14.3 Å². The molecule has 0 fully saturated rings. The van der Waals surface area contributed by atoms with Crippen molar-refractivity contribution in [3.63, 3.8) is 0 Å². The second-order valence-corrected chi connectivity index (χ2v) is 4.12. The van der Waals surface area contributed by atoms with Gasteiger partial charge in [-0.05, 0) is 47.0 Å². The lowest BCUT2D eigenvalue weighted by atomic mass is 10.3. The van der Waals surface area contributed by atoms with Gasteiger partial charge >= 0.3 is 5.97 Å². The van der Waals surface area contributed by atoms with Crippen LogP contribution in [0, 0.1) is 0 Å². The molecular formula is C12H26N2O3. The molecule has 0 rings (SSSR count). The van der Waals surface area contributed by atoms with Crippen molar-refractivity contribution >= 4 is 5.97 Å². The van der Waals surface area contributed by atoms with E-state index in [-0.39, 0.29) is 12.6 Å². The number of ether oxygens (including phenoxy) is 2.